The summed E-state index contributed by atoms with van der Waals surface area (Å²) in [5.41, 5.74) is 2.16. The predicted octanol–water partition coefficient (Wildman–Crippen LogP) is 1.45. The summed E-state index contributed by atoms with van der Waals surface area (Å²) in [5, 5.41) is 11.3. The molecule has 0 saturated carbocycles. The van der Waals surface area contributed by atoms with Gasteiger partial charge in [-0.3, -0.25) is 19.7 Å². The van der Waals surface area contributed by atoms with Crippen LogP contribution in [0.3, 0.4) is 0 Å². The number of carbonyl (C=O) groups excluding carboxylic acids is 2. The molecule has 2 N–H and O–H groups in total. The molecule has 0 spiro atoms. The number of imide groups is 1. The van der Waals surface area contributed by atoms with Crippen molar-refractivity contribution in [1.29, 1.82) is 0 Å². The molecule has 0 bridgehead atoms. The van der Waals surface area contributed by atoms with Crippen LogP contribution in [0.4, 0.5) is 16.3 Å². The van der Waals surface area contributed by atoms with Gasteiger partial charge >= 0.3 is 6.03 Å². The first kappa shape index (κ1) is 17.8. The fourth-order valence-electron chi connectivity index (χ4n) is 4.01. The fraction of sp³-hybridized carbons (Fsp3) is 0.526. The first-order valence-corrected chi connectivity index (χ1v) is 9.51. The van der Waals surface area contributed by atoms with E-state index >= 15 is 0 Å². The van der Waals surface area contributed by atoms with Crippen molar-refractivity contribution in [3.8, 4) is 0 Å². The van der Waals surface area contributed by atoms with Crippen LogP contribution in [0.5, 0.6) is 0 Å². The standard InChI is InChI=1S/C19H26N6O2/c1-12(2)16-11-20-7-9-24(16)13-4-5-14-15(10-13)23(3)22-18(14)25-8-6-17(26)21-19(25)27/h4-5,10,12,16,20H,6-9,11H2,1-3H3,(H,21,26,27)/t16-/m0/s1. The molecule has 0 radical (unpaired) electrons. The number of piperazine rings is 1. The molecule has 3 heterocycles. The monoisotopic (exact) mass is 370 g/mol. The quantitative estimate of drug-likeness (QED) is 0.855. The number of hydrogen-bond acceptors (Lipinski definition) is 5. The summed E-state index contributed by atoms with van der Waals surface area (Å²) in [4.78, 5) is 27.7. The second-order valence-electron chi connectivity index (χ2n) is 7.61. The minimum Gasteiger partial charge on any atom is -0.366 e. The highest BCUT2D eigenvalue weighted by molar-refractivity contribution is 6.09. The highest BCUT2D eigenvalue weighted by atomic mass is 16.2. The van der Waals surface area contributed by atoms with Gasteiger partial charge in [0, 0.05) is 56.8 Å². The number of urea groups is 1. The van der Waals surface area contributed by atoms with Crippen molar-refractivity contribution in [1.82, 2.24) is 20.4 Å². The van der Waals surface area contributed by atoms with Crippen LogP contribution in [-0.4, -0.2) is 53.9 Å². The molecule has 3 amide bonds. The summed E-state index contributed by atoms with van der Waals surface area (Å²) in [6.07, 6.45) is 0.290. The number of nitrogens with one attached hydrogen (secondary N) is 2. The van der Waals surface area contributed by atoms with Crippen molar-refractivity contribution in [2.45, 2.75) is 26.3 Å². The van der Waals surface area contributed by atoms with Gasteiger partial charge in [0.1, 0.15) is 0 Å². The molecule has 8 heteroatoms. The Labute approximate surface area is 158 Å². The molecular weight excluding hydrogens is 344 g/mol. The Morgan fingerprint density at radius 1 is 1.22 bits per heavy atom. The van der Waals surface area contributed by atoms with E-state index in [9.17, 15) is 9.59 Å². The number of nitrogens with zero attached hydrogens (tertiary/aromatic N) is 4. The van der Waals surface area contributed by atoms with Crippen LogP contribution in [-0.2, 0) is 11.8 Å². The number of aromatic nitrogens is 2. The van der Waals surface area contributed by atoms with Crippen LogP contribution in [0, 0.1) is 5.92 Å². The van der Waals surface area contributed by atoms with Gasteiger partial charge in [0.25, 0.3) is 0 Å². The Morgan fingerprint density at radius 2 is 2.04 bits per heavy atom. The molecule has 0 aliphatic carbocycles. The maximum atomic E-state index is 12.2. The van der Waals surface area contributed by atoms with E-state index < -0.39 is 6.03 Å². The maximum absolute atomic E-state index is 12.2. The molecule has 1 atom stereocenters. The Bertz CT molecular complexity index is 890. The van der Waals surface area contributed by atoms with Crippen LogP contribution in [0.1, 0.15) is 20.3 Å². The third-order valence-electron chi connectivity index (χ3n) is 5.51. The zero-order valence-corrected chi connectivity index (χ0v) is 16.0. The van der Waals surface area contributed by atoms with E-state index in [0.29, 0.717) is 30.7 Å². The van der Waals surface area contributed by atoms with Crippen molar-refractivity contribution in [2.24, 2.45) is 13.0 Å². The summed E-state index contributed by atoms with van der Waals surface area (Å²) in [7, 11) is 1.89. The van der Waals surface area contributed by atoms with Crippen molar-refractivity contribution < 1.29 is 9.59 Å². The molecule has 144 valence electrons. The lowest BCUT2D eigenvalue weighted by Crippen LogP contribution is -2.53. The van der Waals surface area contributed by atoms with Crippen LogP contribution in [0.2, 0.25) is 0 Å². The maximum Gasteiger partial charge on any atom is 0.329 e. The Morgan fingerprint density at radius 3 is 2.78 bits per heavy atom. The second kappa shape index (κ2) is 6.84. The van der Waals surface area contributed by atoms with Crippen molar-refractivity contribution >= 4 is 34.3 Å². The number of carbonyl (C=O) groups is 2. The van der Waals surface area contributed by atoms with Crippen molar-refractivity contribution in [2.75, 3.05) is 36.0 Å². The Kier molecular flexibility index (Phi) is 4.51. The summed E-state index contributed by atoms with van der Waals surface area (Å²) < 4.78 is 1.81. The highest BCUT2D eigenvalue weighted by Gasteiger charge is 2.29. The molecule has 2 aromatic rings. The average Bonchev–Trinajstić information content (AvgIpc) is 2.98. The molecule has 4 rings (SSSR count). The van der Waals surface area contributed by atoms with Crippen LogP contribution in [0.15, 0.2) is 18.2 Å². The minimum absolute atomic E-state index is 0.239. The number of benzene rings is 1. The first-order valence-electron chi connectivity index (χ1n) is 9.51. The molecule has 1 aromatic carbocycles. The number of amides is 3. The molecule has 27 heavy (non-hydrogen) atoms. The third-order valence-corrected chi connectivity index (χ3v) is 5.51. The van der Waals surface area contributed by atoms with Gasteiger partial charge in [-0.1, -0.05) is 13.8 Å². The smallest absolute Gasteiger partial charge is 0.329 e. The lowest BCUT2D eigenvalue weighted by molar-refractivity contribution is -0.120. The normalized spacial score (nSPS) is 21.3. The fourth-order valence-corrected chi connectivity index (χ4v) is 4.01. The average molecular weight is 370 g/mol. The molecule has 1 aromatic heterocycles. The van der Waals surface area contributed by atoms with E-state index in [4.69, 9.17) is 0 Å². The summed E-state index contributed by atoms with van der Waals surface area (Å²) >= 11 is 0. The predicted molar refractivity (Wildman–Crippen MR) is 105 cm³/mol. The molecule has 2 saturated heterocycles. The van der Waals surface area contributed by atoms with E-state index in [1.807, 2.05) is 17.8 Å². The largest absolute Gasteiger partial charge is 0.366 e. The van der Waals surface area contributed by atoms with Gasteiger partial charge < -0.3 is 10.2 Å². The van der Waals surface area contributed by atoms with E-state index in [0.717, 1.165) is 30.5 Å². The lowest BCUT2D eigenvalue weighted by Gasteiger charge is -2.40. The zero-order valence-electron chi connectivity index (χ0n) is 16.0. The summed E-state index contributed by atoms with van der Waals surface area (Å²) in [6, 6.07) is 6.34. The number of fused-ring (bicyclic) bond motifs is 1. The van der Waals surface area contributed by atoms with Gasteiger partial charge in [-0.15, -0.1) is 0 Å². The van der Waals surface area contributed by atoms with Gasteiger partial charge in [0.15, 0.2) is 5.82 Å². The second-order valence-corrected chi connectivity index (χ2v) is 7.61. The van der Waals surface area contributed by atoms with E-state index in [1.54, 1.807) is 4.90 Å². The van der Waals surface area contributed by atoms with Gasteiger partial charge in [-0.05, 0) is 24.1 Å². The summed E-state index contributed by atoms with van der Waals surface area (Å²) in [5.74, 6) is 0.909. The van der Waals surface area contributed by atoms with Gasteiger partial charge in [-0.25, -0.2) is 4.79 Å². The number of rotatable bonds is 3. The Hall–Kier alpha value is -2.61. The molecule has 2 fully saturated rings. The van der Waals surface area contributed by atoms with Crippen molar-refractivity contribution in [3.63, 3.8) is 0 Å². The zero-order chi connectivity index (χ0) is 19.1. The minimum atomic E-state index is -0.405. The molecule has 8 nitrogen and oxygen atoms in total. The van der Waals surface area contributed by atoms with Gasteiger partial charge in [-0.2, -0.15) is 5.10 Å². The van der Waals surface area contributed by atoms with Crippen molar-refractivity contribution in [3.05, 3.63) is 18.2 Å². The first-order chi connectivity index (χ1) is 13.0. The molecule has 0 unspecified atom stereocenters. The summed E-state index contributed by atoms with van der Waals surface area (Å²) in [6.45, 7) is 7.78. The molecule has 2 aliphatic rings. The SMILES string of the molecule is CC(C)[C@@H]1CNCCN1c1ccc2c(N3CCC(=O)NC3=O)nn(C)c2c1. The van der Waals surface area contributed by atoms with E-state index in [-0.39, 0.29) is 5.91 Å². The van der Waals surface area contributed by atoms with Crippen LogP contribution in [0.25, 0.3) is 10.9 Å². The number of aryl methyl sites for hydroxylation is 1. The highest BCUT2D eigenvalue weighted by Crippen LogP contribution is 2.32. The van der Waals surface area contributed by atoms with Gasteiger partial charge in [0.2, 0.25) is 5.91 Å². The van der Waals surface area contributed by atoms with Crippen LogP contribution < -0.4 is 20.4 Å². The molecular formula is C19H26N6O2. The molecule has 2 aliphatic heterocycles. The lowest BCUT2D eigenvalue weighted by atomic mass is 9.99. The van der Waals surface area contributed by atoms with Gasteiger partial charge in [0.05, 0.1) is 5.52 Å². The Balaban J connectivity index is 1.71. The third kappa shape index (κ3) is 3.14. The topological polar surface area (TPSA) is 82.5 Å². The number of anilines is 2. The van der Waals surface area contributed by atoms with E-state index in [1.165, 1.54) is 5.69 Å². The number of hydrogen-bond donors (Lipinski definition) is 2. The van der Waals surface area contributed by atoms with E-state index in [2.05, 4.69) is 46.6 Å². The van der Waals surface area contributed by atoms with Crippen LogP contribution >= 0.6 is 0 Å².